The number of aromatic amines is 1. The molecule has 0 saturated carbocycles. The molecule has 2 aromatic heterocycles. The van der Waals surface area contributed by atoms with E-state index in [9.17, 15) is 14.4 Å². The van der Waals surface area contributed by atoms with Crippen LogP contribution >= 0.6 is 11.3 Å². The molecule has 3 aromatic rings. The van der Waals surface area contributed by atoms with Crippen molar-refractivity contribution in [2.45, 2.75) is 32.9 Å². The summed E-state index contributed by atoms with van der Waals surface area (Å²) in [5, 5.41) is 4.55. The molecule has 0 saturated heterocycles. The third kappa shape index (κ3) is 4.65. The maximum atomic E-state index is 12.3. The number of hydrogen-bond donors (Lipinski definition) is 2. The third-order valence-corrected chi connectivity index (χ3v) is 4.94. The molecule has 7 nitrogen and oxygen atoms in total. The number of rotatable bonds is 8. The fourth-order valence-corrected chi connectivity index (χ4v) is 3.40. The zero-order chi connectivity index (χ0) is 19.2. The number of benzene rings is 1. The lowest BCUT2D eigenvalue weighted by atomic mass is 10.2. The van der Waals surface area contributed by atoms with E-state index in [0.29, 0.717) is 23.4 Å². The van der Waals surface area contributed by atoms with Crippen molar-refractivity contribution < 1.29 is 9.53 Å². The standard InChI is InChI=1S/C19H21N3O4S/c1-2-10-26-14-5-3-13(4-6-14)12-20-16(23)7-9-22-18(24)17-15(8-11-27-17)21-19(22)25/h3-6,8,11H,2,7,9-10,12H2,1H3,(H,20,23)(H,21,25). The quantitative estimate of drug-likeness (QED) is 0.620. The summed E-state index contributed by atoms with van der Waals surface area (Å²) >= 11 is 1.27. The number of thiophene rings is 1. The van der Waals surface area contributed by atoms with Gasteiger partial charge in [-0.15, -0.1) is 11.3 Å². The van der Waals surface area contributed by atoms with Crippen molar-refractivity contribution in [2.75, 3.05) is 6.61 Å². The van der Waals surface area contributed by atoms with E-state index < -0.39 is 5.69 Å². The van der Waals surface area contributed by atoms with Crippen molar-refractivity contribution in [3.8, 4) is 5.75 Å². The van der Waals surface area contributed by atoms with Gasteiger partial charge in [0.25, 0.3) is 5.56 Å². The van der Waals surface area contributed by atoms with Gasteiger partial charge in [0.05, 0.1) is 12.1 Å². The van der Waals surface area contributed by atoms with Crippen molar-refractivity contribution in [3.05, 3.63) is 62.1 Å². The van der Waals surface area contributed by atoms with Gasteiger partial charge in [-0.3, -0.25) is 14.2 Å². The van der Waals surface area contributed by atoms with Gasteiger partial charge < -0.3 is 15.0 Å². The number of carbonyl (C=O) groups is 1. The highest BCUT2D eigenvalue weighted by Gasteiger charge is 2.10. The van der Waals surface area contributed by atoms with E-state index in [4.69, 9.17) is 4.74 Å². The molecule has 0 aliphatic carbocycles. The SMILES string of the molecule is CCCOc1ccc(CNC(=O)CCn2c(=O)[nH]c3ccsc3c2=O)cc1. The van der Waals surface area contributed by atoms with E-state index in [1.807, 2.05) is 31.2 Å². The second-order valence-electron chi connectivity index (χ2n) is 6.07. The van der Waals surface area contributed by atoms with Crippen LogP contribution in [0.15, 0.2) is 45.3 Å². The molecule has 0 bridgehead atoms. The maximum absolute atomic E-state index is 12.3. The van der Waals surface area contributed by atoms with E-state index in [1.165, 1.54) is 11.3 Å². The first-order chi connectivity index (χ1) is 13.1. The van der Waals surface area contributed by atoms with Gasteiger partial charge in [0, 0.05) is 19.5 Å². The molecule has 0 aliphatic heterocycles. The normalized spacial score (nSPS) is 10.9. The number of H-pyrrole nitrogens is 1. The van der Waals surface area contributed by atoms with Crippen LogP contribution in [-0.2, 0) is 17.9 Å². The molecule has 0 fully saturated rings. The van der Waals surface area contributed by atoms with Gasteiger partial charge in [0.2, 0.25) is 5.91 Å². The molecule has 1 aromatic carbocycles. The van der Waals surface area contributed by atoms with E-state index in [2.05, 4.69) is 10.3 Å². The predicted octanol–water partition coefficient (Wildman–Crippen LogP) is 2.25. The summed E-state index contributed by atoms with van der Waals surface area (Å²) in [4.78, 5) is 39.1. The van der Waals surface area contributed by atoms with Crippen molar-refractivity contribution in [2.24, 2.45) is 0 Å². The van der Waals surface area contributed by atoms with Crippen molar-refractivity contribution in [3.63, 3.8) is 0 Å². The van der Waals surface area contributed by atoms with E-state index >= 15 is 0 Å². The van der Waals surface area contributed by atoms with Crippen LogP contribution in [0.5, 0.6) is 5.75 Å². The molecule has 8 heteroatoms. The van der Waals surface area contributed by atoms with Gasteiger partial charge in [-0.1, -0.05) is 19.1 Å². The molecule has 3 rings (SSSR count). The number of fused-ring (bicyclic) bond motifs is 1. The monoisotopic (exact) mass is 387 g/mol. The number of ether oxygens (including phenoxy) is 1. The van der Waals surface area contributed by atoms with Crippen LogP contribution in [-0.4, -0.2) is 22.1 Å². The van der Waals surface area contributed by atoms with Crippen LogP contribution in [0, 0.1) is 0 Å². The lowest BCUT2D eigenvalue weighted by Gasteiger charge is -2.08. The highest BCUT2D eigenvalue weighted by Crippen LogP contribution is 2.13. The Bertz CT molecular complexity index is 1030. The molecule has 142 valence electrons. The van der Waals surface area contributed by atoms with Gasteiger partial charge in [-0.25, -0.2) is 4.79 Å². The number of aromatic nitrogens is 2. The summed E-state index contributed by atoms with van der Waals surface area (Å²) in [6.45, 7) is 3.13. The molecule has 0 aliphatic rings. The molecule has 1 amide bonds. The summed E-state index contributed by atoms with van der Waals surface area (Å²) < 4.78 is 7.07. The Morgan fingerprint density at radius 2 is 2.00 bits per heavy atom. The Morgan fingerprint density at radius 1 is 1.22 bits per heavy atom. The molecular weight excluding hydrogens is 366 g/mol. The Hall–Kier alpha value is -2.87. The maximum Gasteiger partial charge on any atom is 0.328 e. The van der Waals surface area contributed by atoms with Gasteiger partial charge >= 0.3 is 5.69 Å². The van der Waals surface area contributed by atoms with E-state index in [-0.39, 0.29) is 24.4 Å². The first-order valence-electron chi connectivity index (χ1n) is 8.77. The second-order valence-corrected chi connectivity index (χ2v) is 6.99. The lowest BCUT2D eigenvalue weighted by molar-refractivity contribution is -0.121. The Labute approximate surface area is 159 Å². The number of hydrogen-bond acceptors (Lipinski definition) is 5. The van der Waals surface area contributed by atoms with Crippen molar-refractivity contribution in [1.82, 2.24) is 14.9 Å². The highest BCUT2D eigenvalue weighted by atomic mass is 32.1. The second kappa shape index (κ2) is 8.68. The van der Waals surface area contributed by atoms with Crippen LogP contribution in [0.3, 0.4) is 0 Å². The minimum Gasteiger partial charge on any atom is -0.494 e. The zero-order valence-electron chi connectivity index (χ0n) is 15.0. The van der Waals surface area contributed by atoms with Crippen LogP contribution in [0.25, 0.3) is 10.2 Å². The fraction of sp³-hybridized carbons (Fsp3) is 0.316. The largest absolute Gasteiger partial charge is 0.494 e. The Morgan fingerprint density at radius 3 is 2.74 bits per heavy atom. The average molecular weight is 387 g/mol. The Balaban J connectivity index is 1.54. The summed E-state index contributed by atoms with van der Waals surface area (Å²) in [5.74, 6) is 0.577. The minimum atomic E-state index is -0.499. The molecule has 0 radical (unpaired) electrons. The molecule has 0 unspecified atom stereocenters. The number of nitrogens with one attached hydrogen (secondary N) is 2. The van der Waals surface area contributed by atoms with Crippen LogP contribution in [0.2, 0.25) is 0 Å². The summed E-state index contributed by atoms with van der Waals surface area (Å²) in [5.41, 5.74) is 0.616. The average Bonchev–Trinajstić information content (AvgIpc) is 3.14. The van der Waals surface area contributed by atoms with E-state index in [1.54, 1.807) is 11.4 Å². The fourth-order valence-electron chi connectivity index (χ4n) is 2.60. The number of amides is 1. The smallest absolute Gasteiger partial charge is 0.328 e. The molecule has 2 heterocycles. The minimum absolute atomic E-state index is 0.0393. The topological polar surface area (TPSA) is 93.2 Å². The van der Waals surface area contributed by atoms with Crippen LogP contribution < -0.4 is 21.3 Å². The molecule has 2 N–H and O–H groups in total. The first-order valence-corrected chi connectivity index (χ1v) is 9.65. The number of carbonyl (C=O) groups excluding carboxylic acids is 1. The highest BCUT2D eigenvalue weighted by molar-refractivity contribution is 7.17. The molecule has 0 atom stereocenters. The summed E-state index contributed by atoms with van der Waals surface area (Å²) in [6.07, 6.45) is 1.00. The zero-order valence-corrected chi connectivity index (χ0v) is 15.8. The van der Waals surface area contributed by atoms with Crippen LogP contribution in [0.1, 0.15) is 25.3 Å². The number of nitrogens with zero attached hydrogens (tertiary/aromatic N) is 1. The van der Waals surface area contributed by atoms with Gasteiger partial charge in [-0.2, -0.15) is 0 Å². The molecular formula is C19H21N3O4S. The molecule has 27 heavy (non-hydrogen) atoms. The van der Waals surface area contributed by atoms with Crippen molar-refractivity contribution >= 4 is 27.5 Å². The molecule has 0 spiro atoms. The third-order valence-electron chi connectivity index (χ3n) is 4.04. The Kier molecular flexibility index (Phi) is 6.08. The first kappa shape index (κ1) is 18.9. The summed E-state index contributed by atoms with van der Waals surface area (Å²) in [7, 11) is 0. The predicted molar refractivity (Wildman–Crippen MR) is 105 cm³/mol. The van der Waals surface area contributed by atoms with Gasteiger partial charge in [0.15, 0.2) is 0 Å². The summed E-state index contributed by atoms with van der Waals surface area (Å²) in [6, 6.07) is 9.22. The van der Waals surface area contributed by atoms with Gasteiger partial charge in [0.1, 0.15) is 10.4 Å². The van der Waals surface area contributed by atoms with Gasteiger partial charge in [-0.05, 0) is 35.6 Å². The van der Waals surface area contributed by atoms with Crippen molar-refractivity contribution in [1.29, 1.82) is 0 Å². The van der Waals surface area contributed by atoms with E-state index in [0.717, 1.165) is 22.3 Å². The lowest BCUT2D eigenvalue weighted by Crippen LogP contribution is -2.36. The van der Waals surface area contributed by atoms with Crippen LogP contribution in [0.4, 0.5) is 0 Å².